The van der Waals surface area contributed by atoms with Crippen LogP contribution in [0.5, 0.6) is 0 Å². The Labute approximate surface area is 193 Å². The summed E-state index contributed by atoms with van der Waals surface area (Å²) in [7, 11) is 3.31. The van der Waals surface area contributed by atoms with Gasteiger partial charge in [-0.1, -0.05) is 16.6 Å². The van der Waals surface area contributed by atoms with Gasteiger partial charge in [-0.25, -0.2) is 10.5 Å². The number of hydrogen-bond acceptors (Lipinski definition) is 9. The van der Waals surface area contributed by atoms with Crippen molar-refractivity contribution in [2.45, 2.75) is 12.3 Å². The Kier molecular flexibility index (Phi) is 6.99. The lowest BCUT2D eigenvalue weighted by Crippen LogP contribution is -2.59. The number of thiazole rings is 1. The van der Waals surface area contributed by atoms with Crippen LogP contribution in [0.1, 0.15) is 12.6 Å². The Morgan fingerprint density at radius 1 is 1.44 bits per heavy atom. The highest BCUT2D eigenvalue weighted by molar-refractivity contribution is 8.00. The molecule has 32 heavy (non-hydrogen) atoms. The topological polar surface area (TPSA) is 155 Å². The number of fused-ring (bicyclic) bond motifs is 1. The Morgan fingerprint density at radius 2 is 2.16 bits per heavy atom. The first-order valence-electron chi connectivity index (χ1n) is 9.50. The van der Waals surface area contributed by atoms with Crippen molar-refractivity contribution in [3.8, 4) is 0 Å². The molecule has 3 aliphatic rings. The number of β-lactam (4-membered cyclic amide) rings is 1. The van der Waals surface area contributed by atoms with Crippen LogP contribution in [0.3, 0.4) is 0 Å². The van der Waals surface area contributed by atoms with Gasteiger partial charge in [-0.3, -0.25) is 14.5 Å². The third-order valence-corrected chi connectivity index (χ3v) is 7.05. The van der Waals surface area contributed by atoms with Gasteiger partial charge in [-0.05, 0) is 6.08 Å². The van der Waals surface area contributed by atoms with Crippen molar-refractivity contribution < 1.29 is 28.9 Å². The molecule has 1 aromatic heterocycles. The fraction of sp³-hybridized carbons (Fsp3) is 0.368. The molecule has 4 rings (SSSR count). The molecule has 0 aliphatic carbocycles. The normalized spacial score (nSPS) is 22.0. The summed E-state index contributed by atoms with van der Waals surface area (Å²) in [5.41, 5.74) is 12.0. The number of carbonyl (C=O) groups excluding carboxylic acids is 2. The van der Waals surface area contributed by atoms with Crippen LogP contribution in [0.2, 0.25) is 0 Å². The molecule has 2 atom stereocenters. The molecule has 11 nitrogen and oxygen atoms in total. The molecule has 5 N–H and O–H groups in total. The molecule has 1 aromatic rings. The van der Waals surface area contributed by atoms with E-state index in [1.807, 2.05) is 31.1 Å². The predicted octanol–water partition coefficient (Wildman–Crippen LogP) is -0.201. The number of rotatable bonds is 5. The minimum absolute atomic E-state index is 0.0342. The number of carbonyl (C=O) groups is 3. The molecule has 13 heteroatoms. The van der Waals surface area contributed by atoms with Gasteiger partial charge in [-0.2, -0.15) is 0 Å². The van der Waals surface area contributed by atoms with Crippen molar-refractivity contribution in [3.05, 3.63) is 41.2 Å². The number of primary amides is 1. The molecule has 1 fully saturated rings. The first-order chi connectivity index (χ1) is 15.2. The van der Waals surface area contributed by atoms with Gasteiger partial charge in [0.05, 0.1) is 23.6 Å². The zero-order valence-corrected chi connectivity index (χ0v) is 19.4. The molecule has 170 valence electrons. The number of likely N-dealkylation sites (N-methyl/N-ethyl adjacent to an activating group) is 1. The molecule has 4 heterocycles. The molecule has 0 unspecified atom stereocenters. The summed E-state index contributed by atoms with van der Waals surface area (Å²) in [6, 6.07) is 0.946. The number of carboxylic acids is 1. The fourth-order valence-electron chi connectivity index (χ4n) is 3.42. The second-order valence-corrected chi connectivity index (χ2v) is 9.16. The summed E-state index contributed by atoms with van der Waals surface area (Å²) >= 11 is 2.93. The van der Waals surface area contributed by atoms with E-state index in [9.17, 15) is 14.4 Å². The summed E-state index contributed by atoms with van der Waals surface area (Å²) in [6.07, 6.45) is 5.45. The molecular formula is C19H24N6O5S2+2. The van der Waals surface area contributed by atoms with Gasteiger partial charge >= 0.3 is 11.1 Å². The number of thioether (sulfide) groups is 1. The second kappa shape index (κ2) is 9.53. The largest absolute Gasteiger partial charge is 0.477 e. The fourth-order valence-corrected chi connectivity index (χ4v) is 5.42. The van der Waals surface area contributed by atoms with Crippen LogP contribution >= 0.6 is 23.1 Å². The molecule has 0 radical (unpaired) electrons. The predicted molar refractivity (Wildman–Crippen MR) is 120 cm³/mol. The van der Waals surface area contributed by atoms with Crippen molar-refractivity contribution in [1.82, 2.24) is 9.80 Å². The van der Waals surface area contributed by atoms with Gasteiger partial charge in [0.2, 0.25) is 11.9 Å². The van der Waals surface area contributed by atoms with Crippen LogP contribution in [-0.4, -0.2) is 70.2 Å². The molecule has 0 saturated carbocycles. The monoisotopic (exact) mass is 480 g/mol. The zero-order chi connectivity index (χ0) is 23.6. The summed E-state index contributed by atoms with van der Waals surface area (Å²) in [4.78, 5) is 41.5. The smallest absolute Gasteiger partial charge is 0.413 e. The van der Waals surface area contributed by atoms with E-state index in [1.165, 1.54) is 23.3 Å². The Balaban J connectivity index is 0.000000193. The quantitative estimate of drug-likeness (QED) is 0.172. The Hall–Kier alpha value is -3.19. The maximum absolute atomic E-state index is 11.5. The lowest BCUT2D eigenvalue weighted by Gasteiger charge is -2.47. The van der Waals surface area contributed by atoms with Crippen molar-refractivity contribution >= 4 is 51.7 Å². The number of aromatic nitrogens is 1. The number of carboxylic acid groups (broad SMARTS) is 1. The number of nitrogens with zero attached hydrogens (tertiary/aromatic N) is 4. The lowest BCUT2D eigenvalue weighted by molar-refractivity contribution is -0.632. The highest BCUT2D eigenvalue weighted by Gasteiger charge is 2.49. The summed E-state index contributed by atoms with van der Waals surface area (Å²) in [6.45, 7) is 2.53. The number of oxime groups is 1. The Morgan fingerprint density at radius 3 is 2.72 bits per heavy atom. The van der Waals surface area contributed by atoms with E-state index in [4.69, 9.17) is 16.6 Å². The standard InChI is InChI=1S/C11H14N5O2S.C8H9NO3S/c1-15-4-3-7(5-15)16-8(6-19-11(16)13)9(10(12)17)14-18-2;1-4-6(10)9-5(8(11)12)2-3-13-7(4)9/h3-4,6H,5,13H2,1-2H3,(H-,12,17);2,4,7H,3H2,1H3,(H,11,12)/q+1;/p+1/b14-9-;/t;4-,7+/m.1/s1. The maximum Gasteiger partial charge on any atom is 0.413 e. The average Bonchev–Trinajstić information content (AvgIpc) is 3.35. The maximum atomic E-state index is 11.5. The number of nitrogens with two attached hydrogens (primary N) is 2. The third kappa shape index (κ3) is 4.39. The number of aliphatic carboxylic acids is 1. The van der Waals surface area contributed by atoms with E-state index in [0.717, 1.165) is 6.04 Å². The summed E-state index contributed by atoms with van der Waals surface area (Å²) in [5.74, 6) is -1.10. The molecule has 1 saturated heterocycles. The minimum Gasteiger partial charge on any atom is -0.477 e. The van der Waals surface area contributed by atoms with E-state index in [2.05, 4.69) is 9.99 Å². The number of nitrogen functional groups attached to an aromatic ring is 1. The second-order valence-electron chi connectivity index (χ2n) is 7.12. The molecule has 0 aromatic carbocycles. The van der Waals surface area contributed by atoms with Crippen molar-refractivity contribution in [2.24, 2.45) is 16.8 Å². The third-order valence-electron chi connectivity index (χ3n) is 4.96. The SMILES string of the molecule is CO/N=C(\C(N)=O)c1csc(N)[n+]1[C+]1C=CN(C)C1.C[C@@H]1C(=O)N2C(C(=O)O)=CCS[C@@H]12. The highest BCUT2D eigenvalue weighted by Crippen LogP contribution is 2.40. The average molecular weight is 481 g/mol. The van der Waals surface area contributed by atoms with E-state index in [0.29, 0.717) is 23.1 Å². The van der Waals surface area contributed by atoms with Gasteiger partial charge in [0.25, 0.3) is 17.3 Å². The van der Waals surface area contributed by atoms with E-state index in [-0.39, 0.29) is 28.6 Å². The van der Waals surface area contributed by atoms with Crippen molar-refractivity contribution in [3.63, 3.8) is 0 Å². The van der Waals surface area contributed by atoms with Gasteiger partial charge in [0.1, 0.15) is 24.7 Å². The number of hydrogen-bond donors (Lipinski definition) is 3. The molecule has 0 spiro atoms. The minimum atomic E-state index is -1.01. The number of amides is 2. The summed E-state index contributed by atoms with van der Waals surface area (Å²) < 4.78 is 1.76. The van der Waals surface area contributed by atoms with Gasteiger partial charge < -0.3 is 20.6 Å². The van der Waals surface area contributed by atoms with Crippen LogP contribution in [0.4, 0.5) is 5.13 Å². The van der Waals surface area contributed by atoms with Crippen molar-refractivity contribution in [2.75, 3.05) is 32.2 Å². The Bertz CT molecular complexity index is 1020. The molecule has 3 aliphatic heterocycles. The van der Waals surface area contributed by atoms with E-state index < -0.39 is 11.9 Å². The van der Waals surface area contributed by atoms with Crippen LogP contribution < -0.4 is 16.0 Å². The van der Waals surface area contributed by atoms with Crippen LogP contribution in [0, 0.1) is 12.0 Å². The molecule has 0 bridgehead atoms. The van der Waals surface area contributed by atoms with E-state index >= 15 is 0 Å². The van der Waals surface area contributed by atoms with Crippen molar-refractivity contribution in [1.29, 1.82) is 0 Å². The first kappa shape index (κ1) is 23.5. The van der Waals surface area contributed by atoms with Gasteiger partial charge in [-0.15, -0.1) is 11.8 Å². The van der Waals surface area contributed by atoms with Gasteiger partial charge in [0, 0.05) is 24.1 Å². The van der Waals surface area contributed by atoms with E-state index in [1.54, 1.807) is 27.8 Å². The van der Waals surface area contributed by atoms with Crippen LogP contribution in [0.15, 0.2) is 34.6 Å². The van der Waals surface area contributed by atoms with Gasteiger partial charge in [0.15, 0.2) is 0 Å². The van der Waals surface area contributed by atoms with Crippen LogP contribution in [0.25, 0.3) is 0 Å². The van der Waals surface area contributed by atoms with Crippen LogP contribution in [-0.2, 0) is 19.2 Å². The molecular weight excluding hydrogens is 456 g/mol. The lowest BCUT2D eigenvalue weighted by atomic mass is 9.99. The first-order valence-corrected chi connectivity index (χ1v) is 11.4. The number of anilines is 1. The summed E-state index contributed by atoms with van der Waals surface area (Å²) in [5, 5.41) is 14.8. The highest BCUT2D eigenvalue weighted by atomic mass is 32.2. The molecule has 2 amide bonds. The zero-order valence-electron chi connectivity index (χ0n) is 17.7.